The number of carbonyl (C=O) groups is 1. The molecule has 0 atom stereocenters. The van der Waals surface area contributed by atoms with Crippen LogP contribution >= 0.6 is 0 Å². The average Bonchev–Trinajstić information content (AvgIpc) is 2.40. The smallest absolute Gasteiger partial charge is 0.341 e. The van der Waals surface area contributed by atoms with Crippen molar-refractivity contribution >= 4 is 5.97 Å². The molecule has 3 heteroatoms. The highest BCUT2D eigenvalue weighted by Crippen LogP contribution is 2.25. The summed E-state index contributed by atoms with van der Waals surface area (Å²) < 4.78 is 10.3. The number of para-hydroxylation sites is 2. The van der Waals surface area contributed by atoms with Gasteiger partial charge in [0.05, 0.1) is 7.11 Å². The quantitative estimate of drug-likeness (QED) is 0.756. The molecule has 2 aromatic carbocycles. The van der Waals surface area contributed by atoms with Crippen molar-refractivity contribution < 1.29 is 14.3 Å². The molecule has 0 N–H and O–H groups in total. The summed E-state index contributed by atoms with van der Waals surface area (Å²) in [6.45, 7) is 0. The second kappa shape index (κ2) is 5.16. The van der Waals surface area contributed by atoms with E-state index in [0.29, 0.717) is 17.1 Å². The normalized spacial score (nSPS) is 9.71. The van der Waals surface area contributed by atoms with Gasteiger partial charge in [-0.05, 0) is 24.3 Å². The van der Waals surface area contributed by atoms with E-state index in [2.05, 4.69) is 0 Å². The molecule has 0 aliphatic carbocycles. The van der Waals surface area contributed by atoms with Gasteiger partial charge in [0.15, 0.2) is 0 Å². The van der Waals surface area contributed by atoms with Crippen LogP contribution in [0.3, 0.4) is 0 Å². The molecule has 3 nitrogen and oxygen atoms in total. The lowest BCUT2D eigenvalue weighted by atomic mass is 10.2. The van der Waals surface area contributed by atoms with E-state index in [-0.39, 0.29) is 0 Å². The third kappa shape index (κ3) is 2.64. The first-order chi connectivity index (χ1) is 8.31. The van der Waals surface area contributed by atoms with E-state index >= 15 is 0 Å². The fourth-order valence-corrected chi connectivity index (χ4v) is 1.45. The molecule has 2 rings (SSSR count). The Balaban J connectivity index is 2.30. The molecular formula is C14H12O3. The average molecular weight is 228 g/mol. The number of rotatable bonds is 3. The Labute approximate surface area is 99.6 Å². The Kier molecular flexibility index (Phi) is 3.40. The van der Waals surface area contributed by atoms with Crippen LogP contribution in [0.5, 0.6) is 11.5 Å². The minimum Gasteiger partial charge on any atom is -0.465 e. The number of methoxy groups -OCH3 is 1. The third-order valence-corrected chi connectivity index (χ3v) is 2.26. The van der Waals surface area contributed by atoms with Gasteiger partial charge in [-0.1, -0.05) is 30.3 Å². The molecule has 86 valence electrons. The summed E-state index contributed by atoms with van der Waals surface area (Å²) in [6, 6.07) is 16.3. The number of carbonyl (C=O) groups excluding carboxylic acids is 1. The minimum absolute atomic E-state index is 0.406. The van der Waals surface area contributed by atoms with E-state index in [4.69, 9.17) is 9.47 Å². The van der Waals surface area contributed by atoms with Gasteiger partial charge in [-0.15, -0.1) is 0 Å². The van der Waals surface area contributed by atoms with Crippen molar-refractivity contribution in [1.82, 2.24) is 0 Å². The standard InChI is InChI=1S/C14H12O3/c1-16-14(15)12-9-5-6-10-13(12)17-11-7-3-2-4-8-11/h2-10H,1H3. The van der Waals surface area contributed by atoms with Crippen LogP contribution in [0.2, 0.25) is 0 Å². The topological polar surface area (TPSA) is 35.5 Å². The van der Waals surface area contributed by atoms with Crippen molar-refractivity contribution in [3.63, 3.8) is 0 Å². The molecule has 0 aliphatic heterocycles. The van der Waals surface area contributed by atoms with Gasteiger partial charge in [-0.25, -0.2) is 4.79 Å². The number of hydrogen-bond acceptors (Lipinski definition) is 3. The zero-order chi connectivity index (χ0) is 12.1. The van der Waals surface area contributed by atoms with Gasteiger partial charge < -0.3 is 9.47 Å². The first-order valence-corrected chi connectivity index (χ1v) is 5.21. The zero-order valence-corrected chi connectivity index (χ0v) is 9.42. The minimum atomic E-state index is -0.406. The number of benzene rings is 2. The van der Waals surface area contributed by atoms with Gasteiger partial charge in [-0.2, -0.15) is 0 Å². The van der Waals surface area contributed by atoms with Gasteiger partial charge in [0, 0.05) is 0 Å². The lowest BCUT2D eigenvalue weighted by Gasteiger charge is -2.09. The fourth-order valence-electron chi connectivity index (χ4n) is 1.45. The third-order valence-electron chi connectivity index (χ3n) is 2.26. The Morgan fingerprint density at radius 3 is 2.29 bits per heavy atom. The lowest BCUT2D eigenvalue weighted by molar-refractivity contribution is 0.0598. The summed E-state index contributed by atoms with van der Waals surface area (Å²) in [7, 11) is 1.35. The van der Waals surface area contributed by atoms with Gasteiger partial charge in [0.1, 0.15) is 17.1 Å². The molecule has 0 fully saturated rings. The molecule has 0 radical (unpaired) electrons. The van der Waals surface area contributed by atoms with Crippen LogP contribution in [0.25, 0.3) is 0 Å². The van der Waals surface area contributed by atoms with E-state index in [9.17, 15) is 4.79 Å². The van der Waals surface area contributed by atoms with Crippen LogP contribution in [0.15, 0.2) is 54.6 Å². The molecule has 0 aliphatic rings. The monoisotopic (exact) mass is 228 g/mol. The summed E-state index contributed by atoms with van der Waals surface area (Å²) in [5.41, 5.74) is 0.416. The maximum Gasteiger partial charge on any atom is 0.341 e. The van der Waals surface area contributed by atoms with Crippen LogP contribution in [0.4, 0.5) is 0 Å². The van der Waals surface area contributed by atoms with Crippen molar-refractivity contribution in [3.05, 3.63) is 60.2 Å². The summed E-state index contributed by atoms with van der Waals surface area (Å²) in [5.74, 6) is 0.769. The van der Waals surface area contributed by atoms with Gasteiger partial charge >= 0.3 is 5.97 Å². The second-order valence-electron chi connectivity index (χ2n) is 3.40. The molecule has 0 spiro atoms. The van der Waals surface area contributed by atoms with Gasteiger partial charge in [0.25, 0.3) is 0 Å². The summed E-state index contributed by atoms with van der Waals surface area (Å²) in [5, 5.41) is 0. The lowest BCUT2D eigenvalue weighted by Crippen LogP contribution is -2.03. The molecule has 17 heavy (non-hydrogen) atoms. The molecule has 0 saturated carbocycles. The number of ether oxygens (including phenoxy) is 2. The Morgan fingerprint density at radius 2 is 1.59 bits per heavy atom. The zero-order valence-electron chi connectivity index (χ0n) is 9.42. The molecule has 0 heterocycles. The Morgan fingerprint density at radius 1 is 0.941 bits per heavy atom. The van der Waals surface area contributed by atoms with E-state index in [1.54, 1.807) is 18.2 Å². The fraction of sp³-hybridized carbons (Fsp3) is 0.0714. The van der Waals surface area contributed by atoms with Crippen LogP contribution in [-0.4, -0.2) is 13.1 Å². The molecular weight excluding hydrogens is 216 g/mol. The SMILES string of the molecule is COC(=O)c1ccccc1Oc1ccccc1. The number of esters is 1. The van der Waals surface area contributed by atoms with Crippen molar-refractivity contribution in [2.45, 2.75) is 0 Å². The van der Waals surface area contributed by atoms with Gasteiger partial charge in [-0.3, -0.25) is 0 Å². The first kappa shape index (κ1) is 11.2. The largest absolute Gasteiger partial charge is 0.465 e. The summed E-state index contributed by atoms with van der Waals surface area (Å²) in [6.07, 6.45) is 0. The highest BCUT2D eigenvalue weighted by Gasteiger charge is 2.12. The second-order valence-corrected chi connectivity index (χ2v) is 3.40. The van der Waals surface area contributed by atoms with Crippen molar-refractivity contribution in [1.29, 1.82) is 0 Å². The maximum atomic E-state index is 11.5. The molecule has 0 amide bonds. The van der Waals surface area contributed by atoms with Crippen LogP contribution in [-0.2, 0) is 4.74 Å². The summed E-state index contributed by atoms with van der Waals surface area (Å²) in [4.78, 5) is 11.5. The number of hydrogen-bond donors (Lipinski definition) is 0. The molecule has 0 aromatic heterocycles. The van der Waals surface area contributed by atoms with Crippen LogP contribution in [0, 0.1) is 0 Å². The summed E-state index contributed by atoms with van der Waals surface area (Å²) >= 11 is 0. The molecule has 0 unspecified atom stereocenters. The molecule has 0 bridgehead atoms. The Bertz CT molecular complexity index is 506. The predicted molar refractivity (Wildman–Crippen MR) is 64.3 cm³/mol. The molecule has 2 aromatic rings. The highest BCUT2D eigenvalue weighted by molar-refractivity contribution is 5.92. The maximum absolute atomic E-state index is 11.5. The van der Waals surface area contributed by atoms with Crippen molar-refractivity contribution in [2.24, 2.45) is 0 Å². The Hall–Kier alpha value is -2.29. The highest BCUT2D eigenvalue weighted by atomic mass is 16.5. The van der Waals surface area contributed by atoms with E-state index < -0.39 is 5.97 Å². The van der Waals surface area contributed by atoms with E-state index in [1.165, 1.54) is 7.11 Å². The predicted octanol–water partition coefficient (Wildman–Crippen LogP) is 3.27. The molecule has 0 saturated heterocycles. The van der Waals surface area contributed by atoms with E-state index in [0.717, 1.165) is 0 Å². The van der Waals surface area contributed by atoms with Crippen molar-refractivity contribution in [2.75, 3.05) is 7.11 Å². The van der Waals surface area contributed by atoms with Gasteiger partial charge in [0.2, 0.25) is 0 Å². The van der Waals surface area contributed by atoms with Crippen molar-refractivity contribution in [3.8, 4) is 11.5 Å². The van der Waals surface area contributed by atoms with Crippen LogP contribution < -0.4 is 4.74 Å². The first-order valence-electron chi connectivity index (χ1n) is 5.21. The van der Waals surface area contributed by atoms with Crippen LogP contribution in [0.1, 0.15) is 10.4 Å². The van der Waals surface area contributed by atoms with E-state index in [1.807, 2.05) is 36.4 Å².